The Balaban J connectivity index is 0.759. The molecule has 0 spiro atoms. The lowest BCUT2D eigenvalue weighted by atomic mass is 9.82. The fourth-order valence-corrected chi connectivity index (χ4v) is 9.53. The van der Waals surface area contributed by atoms with Gasteiger partial charge in [-0.15, -0.1) is 0 Å². The number of likely N-dealkylation sites (tertiary alicyclic amines) is 1. The van der Waals surface area contributed by atoms with Gasteiger partial charge >= 0.3 is 0 Å². The van der Waals surface area contributed by atoms with Gasteiger partial charge < -0.3 is 31.2 Å². The molecule has 11 nitrogen and oxygen atoms in total. The molecule has 306 valence electrons. The summed E-state index contributed by atoms with van der Waals surface area (Å²) in [4.78, 5) is 52.0. The lowest BCUT2D eigenvalue weighted by Crippen LogP contribution is -2.48. The van der Waals surface area contributed by atoms with Crippen LogP contribution in [0.3, 0.4) is 0 Å². The number of aromatic amines is 1. The van der Waals surface area contributed by atoms with Crippen LogP contribution in [0.2, 0.25) is 0 Å². The van der Waals surface area contributed by atoms with Gasteiger partial charge in [-0.1, -0.05) is 24.3 Å². The second-order valence-electron chi connectivity index (χ2n) is 16.8. The first-order chi connectivity index (χ1) is 28.2. The largest absolute Gasteiger partial charge is 0.374 e. The summed E-state index contributed by atoms with van der Waals surface area (Å²) < 4.78 is 30.3. The van der Waals surface area contributed by atoms with Crippen molar-refractivity contribution in [1.29, 1.82) is 0 Å². The monoisotopic (exact) mass is 792 g/mol. The number of rotatable bonds is 10. The van der Waals surface area contributed by atoms with Crippen LogP contribution in [-0.2, 0) is 9.59 Å². The van der Waals surface area contributed by atoms with Crippen LogP contribution in [0.4, 0.5) is 20.4 Å². The number of pyridine rings is 1. The topological polar surface area (TPSA) is 144 Å². The van der Waals surface area contributed by atoms with Crippen LogP contribution >= 0.6 is 0 Å². The van der Waals surface area contributed by atoms with Crippen LogP contribution < -0.4 is 26.8 Å². The molecule has 2 saturated heterocycles. The van der Waals surface area contributed by atoms with E-state index in [1.54, 1.807) is 42.6 Å². The van der Waals surface area contributed by atoms with E-state index in [-0.39, 0.29) is 64.9 Å². The van der Waals surface area contributed by atoms with Gasteiger partial charge in [-0.3, -0.25) is 14.4 Å². The molecule has 0 radical (unpaired) electrons. The Morgan fingerprint density at radius 2 is 1.55 bits per heavy atom. The van der Waals surface area contributed by atoms with Crippen LogP contribution in [-0.4, -0.2) is 75.0 Å². The summed E-state index contributed by atoms with van der Waals surface area (Å²) in [5.41, 5.74) is 3.08. The van der Waals surface area contributed by atoms with E-state index in [1.807, 2.05) is 25.1 Å². The number of hydrogen-bond acceptors (Lipinski definition) is 8. The number of nitrogens with one attached hydrogen (secondary N) is 5. The summed E-state index contributed by atoms with van der Waals surface area (Å²) in [5.74, 6) is -0.0645. The minimum absolute atomic E-state index is 0.0266. The Hall–Kier alpha value is -5.17. The number of amides is 2. The Kier molecular flexibility index (Phi) is 12.1. The number of anilines is 2. The Bertz CT molecular complexity index is 2140. The molecule has 4 aliphatic rings. The minimum Gasteiger partial charge on any atom is -0.374 e. The van der Waals surface area contributed by atoms with Gasteiger partial charge in [-0.05, 0) is 144 Å². The molecule has 4 heterocycles. The molecule has 2 amide bonds. The van der Waals surface area contributed by atoms with Gasteiger partial charge in [0, 0.05) is 53.1 Å². The predicted molar refractivity (Wildman–Crippen MR) is 221 cm³/mol. The van der Waals surface area contributed by atoms with Crippen LogP contribution in [0.5, 0.6) is 0 Å². The van der Waals surface area contributed by atoms with E-state index < -0.39 is 5.82 Å². The normalized spacial score (nSPS) is 25.7. The van der Waals surface area contributed by atoms with Crippen molar-refractivity contribution < 1.29 is 18.4 Å². The van der Waals surface area contributed by atoms with Crippen LogP contribution in [0, 0.1) is 17.6 Å². The molecule has 0 bridgehead atoms. The standard InChI is InChI=1S/C45H54F2N8O3/c1-27-7-18-40(44(58)50-27)51-34-14-17-36(38(46)25-34)28-19-22-55(23-20-28)35-15-8-29(9-16-35)42(56)52-32-10-12-33(13-11-32)53-45-49-26-39(47)41(54-45)31-5-2-4-30(24-31)37-6-3-21-48-43(37)57/h2-6,14,17,21,24-29,32-33,35,40,51H,7-13,15-16,18-20,22-23H2,1H3,(H,48,57)(H,50,58)(H,52,56)(H,49,53,54)/t27?,29?,32?,33?,35?,40-/m1/s1. The third-order valence-corrected chi connectivity index (χ3v) is 12.9. The minimum atomic E-state index is -0.541. The number of carbonyl (C=O) groups excluding carboxylic acids is 2. The van der Waals surface area contributed by atoms with E-state index in [0.717, 1.165) is 95.7 Å². The van der Waals surface area contributed by atoms with E-state index in [2.05, 4.69) is 41.1 Å². The van der Waals surface area contributed by atoms with Crippen molar-refractivity contribution >= 4 is 23.5 Å². The third kappa shape index (κ3) is 9.25. The number of benzene rings is 2. The van der Waals surface area contributed by atoms with E-state index in [0.29, 0.717) is 34.4 Å². The highest BCUT2D eigenvalue weighted by molar-refractivity contribution is 5.85. The Morgan fingerprint density at radius 1 is 0.793 bits per heavy atom. The molecule has 13 heteroatoms. The molecule has 2 aromatic carbocycles. The highest BCUT2D eigenvalue weighted by atomic mass is 19.1. The molecule has 4 aromatic rings. The molecule has 2 aromatic heterocycles. The van der Waals surface area contributed by atoms with Gasteiger partial charge in [0.05, 0.1) is 6.20 Å². The molecule has 2 atom stereocenters. The van der Waals surface area contributed by atoms with Gasteiger partial charge in [0.25, 0.3) is 5.56 Å². The summed E-state index contributed by atoms with van der Waals surface area (Å²) >= 11 is 0. The van der Waals surface area contributed by atoms with Crippen LogP contribution in [0.15, 0.2) is 71.8 Å². The van der Waals surface area contributed by atoms with Crippen molar-refractivity contribution in [3.05, 3.63) is 94.5 Å². The molecule has 2 aliphatic carbocycles. The average molecular weight is 793 g/mol. The fourth-order valence-electron chi connectivity index (χ4n) is 9.53. The zero-order valence-electron chi connectivity index (χ0n) is 33.1. The second-order valence-corrected chi connectivity index (χ2v) is 16.8. The number of H-pyrrole nitrogens is 1. The van der Waals surface area contributed by atoms with Gasteiger partial charge in [0.1, 0.15) is 17.6 Å². The van der Waals surface area contributed by atoms with Crippen molar-refractivity contribution in [1.82, 2.24) is 30.5 Å². The number of nitrogens with zero attached hydrogens (tertiary/aromatic N) is 3. The molecule has 1 unspecified atom stereocenters. The fraction of sp³-hybridized carbons (Fsp3) is 0.489. The van der Waals surface area contributed by atoms with Crippen molar-refractivity contribution in [3.8, 4) is 22.4 Å². The van der Waals surface area contributed by atoms with Crippen molar-refractivity contribution in [2.45, 2.75) is 120 Å². The van der Waals surface area contributed by atoms with Gasteiger partial charge in [0.15, 0.2) is 5.82 Å². The summed E-state index contributed by atoms with van der Waals surface area (Å²) in [6.45, 7) is 3.85. The zero-order valence-corrected chi connectivity index (χ0v) is 33.1. The maximum atomic E-state index is 15.3. The lowest BCUT2D eigenvalue weighted by Gasteiger charge is -2.41. The van der Waals surface area contributed by atoms with E-state index in [9.17, 15) is 18.8 Å². The van der Waals surface area contributed by atoms with Crippen molar-refractivity contribution in [2.75, 3.05) is 23.7 Å². The number of hydrogen-bond donors (Lipinski definition) is 5. The molecule has 4 fully saturated rings. The quantitative estimate of drug-likeness (QED) is 0.114. The first-order valence-corrected chi connectivity index (χ1v) is 21.1. The maximum absolute atomic E-state index is 15.3. The third-order valence-electron chi connectivity index (χ3n) is 12.9. The van der Waals surface area contributed by atoms with Crippen molar-refractivity contribution in [3.63, 3.8) is 0 Å². The van der Waals surface area contributed by atoms with Crippen LogP contribution in [0.1, 0.15) is 95.5 Å². The highest BCUT2D eigenvalue weighted by Crippen LogP contribution is 2.36. The molecule has 8 rings (SSSR count). The van der Waals surface area contributed by atoms with Crippen LogP contribution in [0.25, 0.3) is 22.4 Å². The first kappa shape index (κ1) is 39.6. The summed E-state index contributed by atoms with van der Waals surface area (Å²) in [5, 5.41) is 12.9. The molecular weight excluding hydrogens is 739 g/mol. The Labute approximate surface area is 338 Å². The lowest BCUT2D eigenvalue weighted by molar-refractivity contribution is -0.127. The van der Waals surface area contributed by atoms with Gasteiger partial charge in [-0.25, -0.2) is 18.7 Å². The average Bonchev–Trinajstić information content (AvgIpc) is 3.24. The first-order valence-electron chi connectivity index (χ1n) is 21.1. The van der Waals surface area contributed by atoms with E-state index in [1.165, 1.54) is 6.20 Å². The smallest absolute Gasteiger partial charge is 0.255 e. The summed E-state index contributed by atoms with van der Waals surface area (Å²) in [7, 11) is 0. The van der Waals surface area contributed by atoms with Gasteiger partial charge in [-0.2, -0.15) is 0 Å². The number of halogens is 2. The highest BCUT2D eigenvalue weighted by Gasteiger charge is 2.34. The van der Waals surface area contributed by atoms with E-state index >= 15 is 4.39 Å². The summed E-state index contributed by atoms with van der Waals surface area (Å²) in [6.07, 6.45) is 13.3. The molecular formula is C45H54F2N8O3. The summed E-state index contributed by atoms with van der Waals surface area (Å²) in [6, 6.07) is 16.5. The SMILES string of the molecule is CC1CC[C@@H](Nc2ccc(C3CCN(C4CCC(C(=O)NC5CCC(Nc6ncc(F)c(-c7cccc(-c8ccc[nH]c8=O)c7)n6)CC5)CC4)CC3)c(F)c2)C(=O)N1. The maximum Gasteiger partial charge on any atom is 0.255 e. The Morgan fingerprint density at radius 3 is 2.29 bits per heavy atom. The predicted octanol–water partition coefficient (Wildman–Crippen LogP) is 7.13. The number of piperidine rings is 2. The second kappa shape index (κ2) is 17.8. The number of carbonyl (C=O) groups is 2. The number of aromatic nitrogens is 3. The van der Waals surface area contributed by atoms with Gasteiger partial charge in [0.2, 0.25) is 17.8 Å². The van der Waals surface area contributed by atoms with E-state index in [4.69, 9.17) is 0 Å². The molecule has 2 aliphatic heterocycles. The zero-order chi connectivity index (χ0) is 40.2. The molecule has 5 N–H and O–H groups in total. The molecule has 2 saturated carbocycles. The molecule has 58 heavy (non-hydrogen) atoms. The van der Waals surface area contributed by atoms with Crippen molar-refractivity contribution in [2.24, 2.45) is 5.92 Å².